The number of ether oxygens (including phenoxy) is 4. The van der Waals surface area contributed by atoms with Crippen LogP contribution in [-0.2, 0) is 0 Å². The van der Waals surface area contributed by atoms with Gasteiger partial charge in [0.15, 0.2) is 28.9 Å². The Kier molecular flexibility index (Phi) is 6.66. The summed E-state index contributed by atoms with van der Waals surface area (Å²) in [5.74, 6) is -1.26. The molecule has 0 saturated heterocycles. The van der Waals surface area contributed by atoms with Gasteiger partial charge in [-0.15, -0.1) is 0 Å². The average molecular weight is 433 g/mol. The molecular weight excluding hydrogens is 414 g/mol. The Morgan fingerprint density at radius 1 is 0.885 bits per heavy atom. The molecule has 2 rings (SSSR count). The summed E-state index contributed by atoms with van der Waals surface area (Å²) in [6.45, 7) is 1.49. The standard InChI is InChI=1S/C18H19BrF2O5/c1-9(26-17-12(20)7-11(19)8-13(17)21)16(22)10-5-14(23-2)18(25-4)15(6-10)24-3/h5-9,16,22H,1-4H3/t9-,16+/m0/s1. The minimum atomic E-state index is -1.20. The molecule has 0 bridgehead atoms. The highest BCUT2D eigenvalue weighted by Crippen LogP contribution is 2.40. The van der Waals surface area contributed by atoms with Gasteiger partial charge in [-0.3, -0.25) is 0 Å². The second-order valence-electron chi connectivity index (χ2n) is 5.43. The Labute approximate surface area is 158 Å². The Bertz CT molecular complexity index is 736. The summed E-state index contributed by atoms with van der Waals surface area (Å²) in [6.07, 6.45) is -2.16. The van der Waals surface area contributed by atoms with Crippen molar-refractivity contribution in [2.24, 2.45) is 0 Å². The maximum absolute atomic E-state index is 13.9. The van der Waals surface area contributed by atoms with Gasteiger partial charge in [-0.05, 0) is 36.8 Å². The minimum absolute atomic E-state index is 0.248. The van der Waals surface area contributed by atoms with E-state index in [0.717, 1.165) is 12.1 Å². The molecule has 2 aromatic carbocycles. The molecule has 0 fully saturated rings. The second-order valence-corrected chi connectivity index (χ2v) is 6.34. The summed E-state index contributed by atoms with van der Waals surface area (Å²) >= 11 is 3.00. The second kappa shape index (κ2) is 8.55. The van der Waals surface area contributed by atoms with Gasteiger partial charge in [0.1, 0.15) is 12.2 Å². The molecule has 2 atom stereocenters. The van der Waals surface area contributed by atoms with Crippen LogP contribution in [0.3, 0.4) is 0 Å². The number of halogens is 3. The van der Waals surface area contributed by atoms with E-state index in [0.29, 0.717) is 22.8 Å². The van der Waals surface area contributed by atoms with Crippen LogP contribution in [0.2, 0.25) is 0 Å². The van der Waals surface area contributed by atoms with Crippen molar-refractivity contribution in [3.8, 4) is 23.0 Å². The van der Waals surface area contributed by atoms with Gasteiger partial charge >= 0.3 is 0 Å². The molecular formula is C18H19BrF2O5. The zero-order chi connectivity index (χ0) is 19.4. The van der Waals surface area contributed by atoms with E-state index in [-0.39, 0.29) is 4.47 Å². The minimum Gasteiger partial charge on any atom is -0.493 e. The summed E-state index contributed by atoms with van der Waals surface area (Å²) in [6, 6.07) is 5.24. The van der Waals surface area contributed by atoms with Crippen LogP contribution in [-0.4, -0.2) is 32.5 Å². The monoisotopic (exact) mass is 432 g/mol. The Morgan fingerprint density at radius 3 is 1.81 bits per heavy atom. The molecule has 1 N–H and O–H groups in total. The van der Waals surface area contributed by atoms with Crippen LogP contribution >= 0.6 is 15.9 Å². The summed E-state index contributed by atoms with van der Waals surface area (Å²) in [5.41, 5.74) is 0.380. The third-order valence-electron chi connectivity index (χ3n) is 3.74. The van der Waals surface area contributed by atoms with Crippen molar-refractivity contribution in [2.75, 3.05) is 21.3 Å². The van der Waals surface area contributed by atoms with Gasteiger partial charge in [-0.25, -0.2) is 8.78 Å². The van der Waals surface area contributed by atoms with E-state index in [1.54, 1.807) is 12.1 Å². The predicted molar refractivity (Wildman–Crippen MR) is 95.2 cm³/mol. The highest BCUT2D eigenvalue weighted by molar-refractivity contribution is 9.10. The SMILES string of the molecule is COc1cc([C@H](O)[C@H](C)Oc2c(F)cc(Br)cc2F)cc(OC)c1OC. The molecule has 0 aliphatic carbocycles. The van der Waals surface area contributed by atoms with Gasteiger partial charge in [0.25, 0.3) is 0 Å². The molecule has 2 aromatic rings. The summed E-state index contributed by atoms with van der Waals surface area (Å²) in [5, 5.41) is 10.6. The van der Waals surface area contributed by atoms with Crippen molar-refractivity contribution in [2.45, 2.75) is 19.1 Å². The third-order valence-corrected chi connectivity index (χ3v) is 4.20. The van der Waals surface area contributed by atoms with Gasteiger partial charge in [-0.2, -0.15) is 0 Å². The van der Waals surface area contributed by atoms with E-state index < -0.39 is 29.6 Å². The first-order valence-electron chi connectivity index (χ1n) is 7.61. The number of benzene rings is 2. The van der Waals surface area contributed by atoms with Crippen molar-refractivity contribution in [3.63, 3.8) is 0 Å². The van der Waals surface area contributed by atoms with Crippen LogP contribution in [0.15, 0.2) is 28.7 Å². The van der Waals surface area contributed by atoms with Crippen LogP contribution in [0.4, 0.5) is 8.78 Å². The lowest BCUT2D eigenvalue weighted by Gasteiger charge is -2.23. The van der Waals surface area contributed by atoms with Gasteiger partial charge in [0.05, 0.1) is 21.3 Å². The molecule has 26 heavy (non-hydrogen) atoms. The highest BCUT2D eigenvalue weighted by atomic mass is 79.9. The number of aliphatic hydroxyl groups excluding tert-OH is 1. The highest BCUT2D eigenvalue weighted by Gasteiger charge is 2.25. The number of aliphatic hydroxyl groups is 1. The fraction of sp³-hybridized carbons (Fsp3) is 0.333. The molecule has 5 nitrogen and oxygen atoms in total. The normalized spacial score (nSPS) is 13.1. The molecule has 0 aliphatic rings. The molecule has 142 valence electrons. The molecule has 0 aromatic heterocycles. The maximum atomic E-state index is 13.9. The Balaban J connectivity index is 2.32. The van der Waals surface area contributed by atoms with Crippen molar-refractivity contribution in [3.05, 3.63) is 45.9 Å². The van der Waals surface area contributed by atoms with Crippen molar-refractivity contribution in [1.82, 2.24) is 0 Å². The summed E-state index contributed by atoms with van der Waals surface area (Å²) in [4.78, 5) is 0. The van der Waals surface area contributed by atoms with Crippen LogP contribution in [0.5, 0.6) is 23.0 Å². The molecule has 0 amide bonds. The van der Waals surface area contributed by atoms with E-state index in [2.05, 4.69) is 15.9 Å². The summed E-state index contributed by atoms with van der Waals surface area (Å²) < 4.78 is 49.1. The van der Waals surface area contributed by atoms with Gasteiger partial charge in [0, 0.05) is 4.47 Å². The summed E-state index contributed by atoms with van der Waals surface area (Å²) in [7, 11) is 4.35. The van der Waals surface area contributed by atoms with Crippen molar-refractivity contribution >= 4 is 15.9 Å². The quantitative estimate of drug-likeness (QED) is 0.708. The van der Waals surface area contributed by atoms with Crippen LogP contribution < -0.4 is 18.9 Å². The van der Waals surface area contributed by atoms with E-state index in [1.807, 2.05) is 0 Å². The van der Waals surface area contributed by atoms with Crippen LogP contribution in [0, 0.1) is 11.6 Å². The maximum Gasteiger partial charge on any atom is 0.203 e. The van der Waals surface area contributed by atoms with Crippen LogP contribution in [0.25, 0.3) is 0 Å². The molecule has 0 saturated carbocycles. The van der Waals surface area contributed by atoms with Gasteiger partial charge < -0.3 is 24.1 Å². The Morgan fingerprint density at radius 2 is 1.38 bits per heavy atom. The topological polar surface area (TPSA) is 57.2 Å². The lowest BCUT2D eigenvalue weighted by atomic mass is 10.0. The first kappa shape index (κ1) is 20.3. The van der Waals surface area contributed by atoms with Crippen molar-refractivity contribution in [1.29, 1.82) is 0 Å². The molecule has 0 heterocycles. The predicted octanol–water partition coefficient (Wildman–Crippen LogP) is 4.25. The number of hydrogen-bond acceptors (Lipinski definition) is 5. The fourth-order valence-corrected chi connectivity index (χ4v) is 2.84. The molecule has 8 heteroatoms. The Hall–Kier alpha value is -2.06. The van der Waals surface area contributed by atoms with Crippen LogP contribution in [0.1, 0.15) is 18.6 Å². The lowest BCUT2D eigenvalue weighted by Crippen LogP contribution is -2.23. The van der Waals surface area contributed by atoms with E-state index in [1.165, 1.54) is 28.3 Å². The third kappa shape index (κ3) is 4.19. The van der Waals surface area contributed by atoms with E-state index in [4.69, 9.17) is 18.9 Å². The lowest BCUT2D eigenvalue weighted by molar-refractivity contribution is 0.0415. The van der Waals surface area contributed by atoms with Gasteiger partial charge in [0.2, 0.25) is 5.75 Å². The zero-order valence-corrected chi connectivity index (χ0v) is 16.3. The average Bonchev–Trinajstić information content (AvgIpc) is 2.62. The molecule has 0 spiro atoms. The zero-order valence-electron chi connectivity index (χ0n) is 14.7. The molecule has 0 aliphatic heterocycles. The molecule has 0 unspecified atom stereocenters. The number of rotatable bonds is 7. The number of methoxy groups -OCH3 is 3. The van der Waals surface area contributed by atoms with E-state index in [9.17, 15) is 13.9 Å². The molecule has 0 radical (unpaired) electrons. The largest absolute Gasteiger partial charge is 0.493 e. The fourth-order valence-electron chi connectivity index (χ4n) is 2.44. The van der Waals surface area contributed by atoms with Gasteiger partial charge in [-0.1, -0.05) is 15.9 Å². The van der Waals surface area contributed by atoms with Crippen molar-refractivity contribution < 1.29 is 32.8 Å². The first-order valence-corrected chi connectivity index (χ1v) is 8.40. The number of hydrogen-bond donors (Lipinski definition) is 1. The first-order chi connectivity index (χ1) is 12.3. The smallest absolute Gasteiger partial charge is 0.203 e. The van der Waals surface area contributed by atoms with E-state index >= 15 is 0 Å².